The van der Waals surface area contributed by atoms with Crippen LogP contribution in [0.25, 0.3) is 0 Å². The molecule has 0 spiro atoms. The average Bonchev–Trinajstić information content (AvgIpc) is 2.38. The zero-order valence-corrected chi connectivity index (χ0v) is 11.7. The molecule has 2 rings (SSSR count). The first-order valence-corrected chi connectivity index (χ1v) is 6.91. The van der Waals surface area contributed by atoms with Crippen molar-refractivity contribution in [2.45, 2.75) is 20.3 Å². The number of piperidine rings is 1. The Hall–Kier alpha value is -1.49. The maximum absolute atomic E-state index is 11.8. The number of amides is 1. The van der Waals surface area contributed by atoms with Crippen molar-refractivity contribution in [2.75, 3.05) is 26.2 Å². The Morgan fingerprint density at radius 1 is 1.37 bits per heavy atom. The van der Waals surface area contributed by atoms with E-state index in [9.17, 15) is 4.79 Å². The van der Waals surface area contributed by atoms with E-state index in [1.54, 1.807) is 6.20 Å². The van der Waals surface area contributed by atoms with Crippen LogP contribution >= 0.6 is 0 Å². The molecule has 1 saturated heterocycles. The smallest absolute Gasteiger partial charge is 0.271 e. The van der Waals surface area contributed by atoms with Crippen LogP contribution in [0.5, 0.6) is 0 Å². The summed E-state index contributed by atoms with van der Waals surface area (Å²) in [6, 6.07) is 0. The highest BCUT2D eigenvalue weighted by Gasteiger charge is 2.21. The summed E-state index contributed by atoms with van der Waals surface area (Å²) in [7, 11) is 0. The summed E-state index contributed by atoms with van der Waals surface area (Å²) in [6.45, 7) is 8.41. The highest BCUT2D eigenvalue weighted by atomic mass is 16.1. The second-order valence-electron chi connectivity index (χ2n) is 5.55. The summed E-state index contributed by atoms with van der Waals surface area (Å²) < 4.78 is 0. The number of carbonyl (C=O) groups excluding carboxylic acids is 1. The minimum atomic E-state index is -0.147. The second-order valence-corrected chi connectivity index (χ2v) is 5.55. The number of aromatic nitrogens is 2. The predicted octanol–water partition coefficient (Wildman–Crippen LogP) is 1.18. The fourth-order valence-corrected chi connectivity index (χ4v) is 2.81. The van der Waals surface area contributed by atoms with Crippen molar-refractivity contribution in [1.29, 1.82) is 0 Å². The number of hydrogen-bond acceptors (Lipinski definition) is 4. The normalized spacial score (nSPS) is 24.1. The molecule has 1 aliphatic heterocycles. The predicted molar refractivity (Wildman–Crippen MR) is 73.8 cm³/mol. The monoisotopic (exact) mass is 262 g/mol. The van der Waals surface area contributed by atoms with E-state index in [0.717, 1.165) is 31.5 Å². The van der Waals surface area contributed by atoms with Gasteiger partial charge in [-0.25, -0.2) is 4.98 Å². The van der Waals surface area contributed by atoms with E-state index in [-0.39, 0.29) is 5.91 Å². The van der Waals surface area contributed by atoms with Gasteiger partial charge < -0.3 is 10.2 Å². The van der Waals surface area contributed by atoms with Crippen LogP contribution in [-0.4, -0.2) is 47.0 Å². The molecule has 1 N–H and O–H groups in total. The Bertz CT molecular complexity index is 399. The lowest BCUT2D eigenvalue weighted by atomic mass is 9.92. The SMILES string of the molecule is CC1CC(C)CN(CCNC(=O)c2cnccn2)C1. The van der Waals surface area contributed by atoms with Crippen molar-refractivity contribution in [3.63, 3.8) is 0 Å². The second kappa shape index (κ2) is 6.61. The van der Waals surface area contributed by atoms with Crippen LogP contribution in [0.2, 0.25) is 0 Å². The van der Waals surface area contributed by atoms with Crippen LogP contribution < -0.4 is 5.32 Å². The molecular formula is C14H22N4O. The molecule has 19 heavy (non-hydrogen) atoms. The van der Waals surface area contributed by atoms with Gasteiger partial charge >= 0.3 is 0 Å². The highest BCUT2D eigenvalue weighted by molar-refractivity contribution is 5.91. The third-order valence-electron chi connectivity index (χ3n) is 3.45. The summed E-state index contributed by atoms with van der Waals surface area (Å²) >= 11 is 0. The number of nitrogens with one attached hydrogen (secondary N) is 1. The molecule has 1 aromatic rings. The van der Waals surface area contributed by atoms with Crippen molar-refractivity contribution in [3.05, 3.63) is 24.3 Å². The minimum Gasteiger partial charge on any atom is -0.349 e. The van der Waals surface area contributed by atoms with E-state index < -0.39 is 0 Å². The van der Waals surface area contributed by atoms with Crippen molar-refractivity contribution in [3.8, 4) is 0 Å². The molecule has 1 aliphatic rings. The number of carbonyl (C=O) groups is 1. The summed E-state index contributed by atoms with van der Waals surface area (Å²) in [5.41, 5.74) is 0.378. The standard InChI is InChI=1S/C14H22N4O/c1-11-7-12(2)10-18(9-11)6-5-17-14(19)13-8-15-3-4-16-13/h3-4,8,11-12H,5-7,9-10H2,1-2H3,(H,17,19). The molecule has 2 heterocycles. The number of likely N-dealkylation sites (tertiary alicyclic amines) is 1. The molecule has 0 bridgehead atoms. The van der Waals surface area contributed by atoms with E-state index in [1.165, 1.54) is 18.8 Å². The van der Waals surface area contributed by atoms with Gasteiger partial charge in [0.2, 0.25) is 0 Å². The van der Waals surface area contributed by atoms with Crippen molar-refractivity contribution in [1.82, 2.24) is 20.2 Å². The summed E-state index contributed by atoms with van der Waals surface area (Å²) in [6.07, 6.45) is 5.89. The van der Waals surface area contributed by atoms with Crippen molar-refractivity contribution < 1.29 is 4.79 Å². The van der Waals surface area contributed by atoms with Crippen molar-refractivity contribution in [2.24, 2.45) is 11.8 Å². The van der Waals surface area contributed by atoms with E-state index in [1.807, 2.05) is 0 Å². The molecule has 104 valence electrons. The van der Waals surface area contributed by atoms with Gasteiger partial charge in [0.05, 0.1) is 6.20 Å². The van der Waals surface area contributed by atoms with Gasteiger partial charge in [0.1, 0.15) is 5.69 Å². The van der Waals surface area contributed by atoms with Crippen LogP contribution in [0.15, 0.2) is 18.6 Å². The van der Waals surface area contributed by atoms with Gasteiger partial charge in [-0.05, 0) is 18.3 Å². The molecule has 1 aromatic heterocycles. The first-order chi connectivity index (χ1) is 9.15. The molecular weight excluding hydrogens is 240 g/mol. The maximum atomic E-state index is 11.8. The zero-order chi connectivity index (χ0) is 13.7. The van der Waals surface area contributed by atoms with Crippen LogP contribution in [0, 0.1) is 11.8 Å². The van der Waals surface area contributed by atoms with E-state index in [4.69, 9.17) is 0 Å². The summed E-state index contributed by atoms with van der Waals surface area (Å²) in [5, 5.41) is 2.89. The molecule has 2 atom stereocenters. The van der Waals surface area contributed by atoms with Gasteiger partial charge in [-0.3, -0.25) is 9.78 Å². The molecule has 0 aliphatic carbocycles. The maximum Gasteiger partial charge on any atom is 0.271 e. The largest absolute Gasteiger partial charge is 0.349 e. The van der Waals surface area contributed by atoms with E-state index in [0.29, 0.717) is 12.2 Å². The first kappa shape index (κ1) is 13.9. The Balaban J connectivity index is 1.73. The third-order valence-corrected chi connectivity index (χ3v) is 3.45. The van der Waals surface area contributed by atoms with Gasteiger partial charge in [-0.2, -0.15) is 0 Å². The van der Waals surface area contributed by atoms with Gasteiger partial charge in [0.25, 0.3) is 5.91 Å². The Morgan fingerprint density at radius 2 is 2.11 bits per heavy atom. The lowest BCUT2D eigenvalue weighted by Crippen LogP contribution is -2.43. The van der Waals surface area contributed by atoms with Gasteiger partial charge in [-0.15, -0.1) is 0 Å². The number of hydrogen-bond donors (Lipinski definition) is 1. The average molecular weight is 262 g/mol. The van der Waals surface area contributed by atoms with Crippen LogP contribution in [0.4, 0.5) is 0 Å². The summed E-state index contributed by atoms with van der Waals surface area (Å²) in [4.78, 5) is 22.1. The van der Waals surface area contributed by atoms with Crippen molar-refractivity contribution >= 4 is 5.91 Å². The quantitative estimate of drug-likeness (QED) is 0.885. The lowest BCUT2D eigenvalue weighted by Gasteiger charge is -2.34. The van der Waals surface area contributed by atoms with Gasteiger partial charge in [0, 0.05) is 38.6 Å². The molecule has 1 amide bonds. The van der Waals surface area contributed by atoms with Crippen LogP contribution in [-0.2, 0) is 0 Å². The lowest BCUT2D eigenvalue weighted by molar-refractivity contribution is 0.0931. The molecule has 5 heteroatoms. The molecule has 0 saturated carbocycles. The number of nitrogens with zero attached hydrogens (tertiary/aromatic N) is 3. The molecule has 2 unspecified atom stereocenters. The third kappa shape index (κ3) is 4.28. The van der Waals surface area contributed by atoms with Gasteiger partial charge in [-0.1, -0.05) is 13.8 Å². The first-order valence-electron chi connectivity index (χ1n) is 6.91. The number of rotatable bonds is 4. The fourth-order valence-electron chi connectivity index (χ4n) is 2.81. The Labute approximate surface area is 114 Å². The fraction of sp³-hybridized carbons (Fsp3) is 0.643. The van der Waals surface area contributed by atoms with E-state index in [2.05, 4.69) is 34.0 Å². The van der Waals surface area contributed by atoms with Gasteiger partial charge in [0.15, 0.2) is 0 Å². The minimum absolute atomic E-state index is 0.147. The molecule has 1 fully saturated rings. The van der Waals surface area contributed by atoms with Crippen LogP contribution in [0.1, 0.15) is 30.8 Å². The molecule has 0 radical (unpaired) electrons. The highest BCUT2D eigenvalue weighted by Crippen LogP contribution is 2.20. The molecule has 5 nitrogen and oxygen atoms in total. The van der Waals surface area contributed by atoms with E-state index >= 15 is 0 Å². The topological polar surface area (TPSA) is 58.1 Å². The summed E-state index contributed by atoms with van der Waals surface area (Å²) in [5.74, 6) is 1.35. The van der Waals surface area contributed by atoms with Crippen LogP contribution in [0.3, 0.4) is 0 Å². The Kier molecular flexibility index (Phi) is 4.85. The molecule has 0 aromatic carbocycles. The zero-order valence-electron chi connectivity index (χ0n) is 11.7. The Morgan fingerprint density at radius 3 is 2.74 bits per heavy atom.